The van der Waals surface area contributed by atoms with Crippen molar-refractivity contribution in [3.8, 4) is 17.0 Å². The molecule has 0 atom stereocenters. The maximum atomic E-state index is 11.6. The fraction of sp³-hybridized carbons (Fsp3) is 0.542. The first kappa shape index (κ1) is 23.0. The molecule has 0 saturated carbocycles. The second-order valence-corrected chi connectivity index (χ2v) is 8.73. The molecular weight excluding hydrogens is 394 g/mol. The summed E-state index contributed by atoms with van der Waals surface area (Å²) in [5.41, 5.74) is 4.39. The van der Waals surface area contributed by atoms with Crippen molar-refractivity contribution in [2.45, 2.75) is 47.0 Å². The highest BCUT2D eigenvalue weighted by atomic mass is 16.5. The number of aliphatic carboxylic acids is 1. The lowest BCUT2D eigenvalue weighted by Crippen LogP contribution is -2.38. The largest absolute Gasteiger partial charge is 0.490 e. The molecule has 0 aromatic carbocycles. The molecule has 0 bridgehead atoms. The minimum absolute atomic E-state index is 0.0550. The van der Waals surface area contributed by atoms with Gasteiger partial charge in [-0.05, 0) is 44.2 Å². The van der Waals surface area contributed by atoms with E-state index in [-0.39, 0.29) is 6.42 Å². The van der Waals surface area contributed by atoms with Crippen molar-refractivity contribution < 1.29 is 19.4 Å². The molecule has 3 rings (SSSR count). The average molecular weight is 428 g/mol. The number of rotatable bonds is 9. The molecule has 3 heterocycles. The quantitative estimate of drug-likeness (QED) is 0.603. The molecule has 2 aromatic heterocycles. The molecular formula is C24H33N3O4. The number of anilines is 1. The first-order chi connectivity index (χ1) is 14.8. The molecule has 0 unspecified atom stereocenters. The second-order valence-electron chi connectivity index (χ2n) is 8.73. The molecule has 2 aromatic rings. The van der Waals surface area contributed by atoms with Crippen molar-refractivity contribution in [3.05, 3.63) is 35.8 Å². The van der Waals surface area contributed by atoms with Gasteiger partial charge in [0.2, 0.25) is 0 Å². The van der Waals surface area contributed by atoms with Gasteiger partial charge in [0.05, 0.1) is 30.6 Å². The number of hydrogen-bond acceptors (Lipinski definition) is 6. The number of carboxylic acids is 1. The summed E-state index contributed by atoms with van der Waals surface area (Å²) in [6.45, 7) is 11.8. The molecule has 0 spiro atoms. The van der Waals surface area contributed by atoms with Gasteiger partial charge in [-0.3, -0.25) is 14.8 Å². The van der Waals surface area contributed by atoms with Crippen LogP contribution in [0.1, 0.15) is 44.9 Å². The Hall–Kier alpha value is -2.67. The number of ether oxygens (including phenoxy) is 2. The number of hydrogen-bond donors (Lipinski definition) is 1. The lowest BCUT2D eigenvalue weighted by atomic mass is 9.82. The van der Waals surface area contributed by atoms with Gasteiger partial charge in [-0.2, -0.15) is 0 Å². The van der Waals surface area contributed by atoms with Gasteiger partial charge in [0.25, 0.3) is 0 Å². The van der Waals surface area contributed by atoms with Gasteiger partial charge in [0.15, 0.2) is 0 Å². The zero-order valence-electron chi connectivity index (χ0n) is 19.0. The van der Waals surface area contributed by atoms with Crippen LogP contribution in [-0.2, 0) is 16.0 Å². The van der Waals surface area contributed by atoms with Crippen LogP contribution in [0.3, 0.4) is 0 Å². The number of aromatic nitrogens is 2. The fourth-order valence-electron chi connectivity index (χ4n) is 3.87. The molecule has 7 heteroatoms. The van der Waals surface area contributed by atoms with Gasteiger partial charge < -0.3 is 19.5 Å². The van der Waals surface area contributed by atoms with Crippen LogP contribution in [0, 0.1) is 12.3 Å². The monoisotopic (exact) mass is 427 g/mol. The van der Waals surface area contributed by atoms with E-state index < -0.39 is 5.97 Å². The van der Waals surface area contributed by atoms with Crippen LogP contribution in [0.25, 0.3) is 11.3 Å². The van der Waals surface area contributed by atoms with Crippen molar-refractivity contribution in [2.24, 2.45) is 5.41 Å². The molecule has 1 N–H and O–H groups in total. The Morgan fingerprint density at radius 1 is 1.16 bits per heavy atom. The molecule has 7 nitrogen and oxygen atoms in total. The van der Waals surface area contributed by atoms with E-state index in [1.54, 1.807) is 6.20 Å². The smallest absolute Gasteiger partial charge is 0.307 e. The van der Waals surface area contributed by atoms with Gasteiger partial charge >= 0.3 is 5.97 Å². The summed E-state index contributed by atoms with van der Waals surface area (Å²) in [6, 6.07) is 3.79. The van der Waals surface area contributed by atoms with E-state index in [2.05, 4.69) is 28.7 Å². The van der Waals surface area contributed by atoms with Crippen LogP contribution in [0.2, 0.25) is 0 Å². The summed E-state index contributed by atoms with van der Waals surface area (Å²) in [4.78, 5) is 23.0. The van der Waals surface area contributed by atoms with Gasteiger partial charge in [0.1, 0.15) is 12.4 Å². The highest BCUT2D eigenvalue weighted by Crippen LogP contribution is 2.39. The molecule has 0 aliphatic carbocycles. The first-order valence-corrected chi connectivity index (χ1v) is 10.9. The van der Waals surface area contributed by atoms with Gasteiger partial charge in [-0.15, -0.1) is 0 Å². The number of nitrogens with zero attached hydrogens (tertiary/aromatic N) is 3. The van der Waals surface area contributed by atoms with E-state index in [1.807, 2.05) is 32.2 Å². The van der Waals surface area contributed by atoms with Crippen LogP contribution in [0.4, 0.5) is 5.69 Å². The van der Waals surface area contributed by atoms with Crippen LogP contribution >= 0.6 is 0 Å². The molecule has 0 amide bonds. The highest BCUT2D eigenvalue weighted by molar-refractivity contribution is 5.83. The summed E-state index contributed by atoms with van der Waals surface area (Å²) in [7, 11) is 0. The number of carboxylic acid groups (broad SMARTS) is 1. The third-order valence-corrected chi connectivity index (χ3v) is 5.84. The van der Waals surface area contributed by atoms with E-state index in [4.69, 9.17) is 9.47 Å². The third kappa shape index (κ3) is 5.94. The van der Waals surface area contributed by atoms with Crippen LogP contribution in [0.5, 0.6) is 5.75 Å². The van der Waals surface area contributed by atoms with Crippen LogP contribution in [-0.4, -0.2) is 54.0 Å². The van der Waals surface area contributed by atoms with Crippen molar-refractivity contribution in [1.82, 2.24) is 9.97 Å². The summed E-state index contributed by atoms with van der Waals surface area (Å²) in [6.07, 6.45) is 5.57. The van der Waals surface area contributed by atoms with Gasteiger partial charge in [-0.25, -0.2) is 0 Å². The lowest BCUT2D eigenvalue weighted by molar-refractivity contribution is -0.136. The normalized spacial score (nSPS) is 15.7. The molecule has 31 heavy (non-hydrogen) atoms. The first-order valence-electron chi connectivity index (χ1n) is 10.9. The maximum Gasteiger partial charge on any atom is 0.307 e. The fourth-order valence-corrected chi connectivity index (χ4v) is 3.87. The average Bonchev–Trinajstić information content (AvgIpc) is 2.73. The Kier molecular flexibility index (Phi) is 7.49. The van der Waals surface area contributed by atoms with E-state index >= 15 is 0 Å². The Balaban J connectivity index is 1.93. The van der Waals surface area contributed by atoms with Crippen molar-refractivity contribution in [2.75, 3.05) is 37.8 Å². The Bertz CT molecular complexity index is 886. The van der Waals surface area contributed by atoms with E-state index in [1.165, 1.54) is 0 Å². The third-order valence-electron chi connectivity index (χ3n) is 5.84. The minimum Gasteiger partial charge on any atom is -0.490 e. The number of aryl methyl sites for hydroxylation is 1. The lowest BCUT2D eigenvalue weighted by Gasteiger charge is -2.40. The Morgan fingerprint density at radius 2 is 1.90 bits per heavy atom. The van der Waals surface area contributed by atoms with Crippen LogP contribution < -0.4 is 9.64 Å². The SMILES string of the molecule is CCOCCOc1ccc(-c2cnc(C)c(CC(=O)O)c2N2CCC(C)(C)CC2)nc1. The summed E-state index contributed by atoms with van der Waals surface area (Å²) >= 11 is 0. The topological polar surface area (TPSA) is 84.8 Å². The van der Waals surface area contributed by atoms with E-state index in [9.17, 15) is 9.90 Å². The van der Waals surface area contributed by atoms with E-state index in [0.717, 1.165) is 54.1 Å². The second kappa shape index (κ2) is 10.1. The molecule has 1 fully saturated rings. The zero-order chi connectivity index (χ0) is 22.4. The van der Waals surface area contributed by atoms with Gasteiger partial charge in [-0.1, -0.05) is 13.8 Å². The molecule has 1 aliphatic rings. The van der Waals surface area contributed by atoms with Gasteiger partial charge in [0, 0.05) is 42.7 Å². The highest BCUT2D eigenvalue weighted by Gasteiger charge is 2.29. The maximum absolute atomic E-state index is 11.6. The van der Waals surface area contributed by atoms with Crippen molar-refractivity contribution >= 4 is 11.7 Å². The summed E-state index contributed by atoms with van der Waals surface area (Å²) in [5.74, 6) is -0.179. The Morgan fingerprint density at radius 3 is 2.52 bits per heavy atom. The number of carbonyl (C=O) groups is 1. The van der Waals surface area contributed by atoms with Crippen molar-refractivity contribution in [3.63, 3.8) is 0 Å². The minimum atomic E-state index is -0.855. The predicted molar refractivity (Wildman–Crippen MR) is 121 cm³/mol. The van der Waals surface area contributed by atoms with E-state index in [0.29, 0.717) is 31.0 Å². The number of pyridine rings is 2. The zero-order valence-corrected chi connectivity index (χ0v) is 19.0. The summed E-state index contributed by atoms with van der Waals surface area (Å²) < 4.78 is 11.0. The standard InChI is InChI=1S/C24H33N3O4/c1-5-30-12-13-31-18-6-7-21(26-15-18)20-16-25-17(2)19(14-22(28)29)23(20)27-10-8-24(3,4)9-11-27/h6-7,15-16H,5,8-14H2,1-4H3,(H,28,29). The Labute approximate surface area is 184 Å². The predicted octanol–water partition coefficient (Wildman–Crippen LogP) is 4.12. The molecule has 168 valence electrons. The molecule has 0 radical (unpaired) electrons. The molecule has 1 saturated heterocycles. The van der Waals surface area contributed by atoms with Crippen molar-refractivity contribution in [1.29, 1.82) is 0 Å². The molecule has 1 aliphatic heterocycles. The summed E-state index contributed by atoms with van der Waals surface area (Å²) in [5, 5.41) is 9.53. The van der Waals surface area contributed by atoms with Crippen LogP contribution in [0.15, 0.2) is 24.5 Å². The number of piperidine rings is 1.